The molecule has 0 saturated heterocycles. The first-order valence-corrected chi connectivity index (χ1v) is 8.77. The average Bonchev–Trinajstić information content (AvgIpc) is 3.07. The van der Waals surface area contributed by atoms with Gasteiger partial charge in [0, 0.05) is 35.4 Å². The Morgan fingerprint density at radius 2 is 2.00 bits per heavy atom. The van der Waals surface area contributed by atoms with Gasteiger partial charge in [0.25, 0.3) is 5.91 Å². The third-order valence-electron chi connectivity index (χ3n) is 4.45. The molecule has 1 atom stereocenters. The number of halogens is 1. The number of pyridine rings is 2. The lowest BCUT2D eigenvalue weighted by atomic mass is 9.96. The Morgan fingerprint density at radius 1 is 1.15 bits per heavy atom. The van der Waals surface area contributed by atoms with Crippen LogP contribution in [0.1, 0.15) is 27.4 Å². The highest BCUT2D eigenvalue weighted by molar-refractivity contribution is 6.30. The Hall–Kier alpha value is -2.92. The Balaban J connectivity index is 1.41. The summed E-state index contributed by atoms with van der Waals surface area (Å²) in [7, 11) is 0. The minimum atomic E-state index is -0.207. The maximum absolute atomic E-state index is 12.2. The summed E-state index contributed by atoms with van der Waals surface area (Å²) in [6.07, 6.45) is 4.49. The number of rotatable bonds is 4. The Kier molecular flexibility index (Phi) is 4.54. The van der Waals surface area contributed by atoms with E-state index in [4.69, 9.17) is 11.6 Å². The SMILES string of the molecule is O=C(Nc1ccc(CC2CNc3ncccc32)cn1)c1ccc(Cl)cc1. The minimum Gasteiger partial charge on any atom is -0.369 e. The fourth-order valence-corrected chi connectivity index (χ4v) is 3.23. The fourth-order valence-electron chi connectivity index (χ4n) is 3.10. The van der Waals surface area contributed by atoms with Gasteiger partial charge in [-0.1, -0.05) is 23.7 Å². The second-order valence-electron chi connectivity index (χ2n) is 6.24. The monoisotopic (exact) mass is 364 g/mol. The first-order valence-electron chi connectivity index (χ1n) is 8.40. The molecular weight excluding hydrogens is 348 g/mol. The lowest BCUT2D eigenvalue weighted by Gasteiger charge is -2.10. The van der Waals surface area contributed by atoms with E-state index in [1.54, 1.807) is 30.5 Å². The van der Waals surface area contributed by atoms with E-state index < -0.39 is 0 Å². The lowest BCUT2D eigenvalue weighted by molar-refractivity contribution is 0.102. The zero-order valence-corrected chi connectivity index (χ0v) is 14.7. The summed E-state index contributed by atoms with van der Waals surface area (Å²) in [4.78, 5) is 20.9. The maximum atomic E-state index is 12.2. The molecule has 0 fully saturated rings. The van der Waals surface area contributed by atoms with Crippen molar-refractivity contribution in [2.75, 3.05) is 17.2 Å². The van der Waals surface area contributed by atoms with E-state index in [0.29, 0.717) is 22.3 Å². The van der Waals surface area contributed by atoms with Gasteiger partial charge in [-0.25, -0.2) is 9.97 Å². The lowest BCUT2D eigenvalue weighted by Crippen LogP contribution is -2.13. The third-order valence-corrected chi connectivity index (χ3v) is 4.70. The van der Waals surface area contributed by atoms with Crippen LogP contribution in [0.25, 0.3) is 0 Å². The highest BCUT2D eigenvalue weighted by Gasteiger charge is 2.22. The Bertz CT molecular complexity index is 925. The van der Waals surface area contributed by atoms with Crippen LogP contribution in [0.5, 0.6) is 0 Å². The summed E-state index contributed by atoms with van der Waals surface area (Å²) >= 11 is 5.84. The van der Waals surface area contributed by atoms with Crippen molar-refractivity contribution in [3.05, 3.63) is 82.6 Å². The molecule has 0 aliphatic carbocycles. The molecule has 1 aliphatic heterocycles. The van der Waals surface area contributed by atoms with Crippen LogP contribution in [-0.4, -0.2) is 22.4 Å². The van der Waals surface area contributed by atoms with Crippen LogP contribution in [0.15, 0.2) is 60.9 Å². The van der Waals surface area contributed by atoms with Crippen LogP contribution in [0.4, 0.5) is 11.6 Å². The van der Waals surface area contributed by atoms with Crippen LogP contribution < -0.4 is 10.6 Å². The molecule has 26 heavy (non-hydrogen) atoms. The van der Waals surface area contributed by atoms with E-state index in [2.05, 4.69) is 26.7 Å². The second kappa shape index (κ2) is 7.14. The molecule has 0 bridgehead atoms. The summed E-state index contributed by atoms with van der Waals surface area (Å²) in [6.45, 7) is 0.876. The van der Waals surface area contributed by atoms with Crippen molar-refractivity contribution in [2.24, 2.45) is 0 Å². The topological polar surface area (TPSA) is 66.9 Å². The molecule has 1 unspecified atom stereocenters. The number of carbonyl (C=O) groups is 1. The second-order valence-corrected chi connectivity index (χ2v) is 6.67. The highest BCUT2D eigenvalue weighted by atomic mass is 35.5. The molecule has 5 nitrogen and oxygen atoms in total. The van der Waals surface area contributed by atoms with E-state index >= 15 is 0 Å². The molecule has 1 amide bonds. The van der Waals surface area contributed by atoms with Gasteiger partial charge in [-0.15, -0.1) is 0 Å². The summed E-state index contributed by atoms with van der Waals surface area (Å²) in [5.74, 6) is 1.68. The van der Waals surface area contributed by atoms with Gasteiger partial charge >= 0.3 is 0 Å². The van der Waals surface area contributed by atoms with Crippen LogP contribution in [-0.2, 0) is 6.42 Å². The number of fused-ring (bicyclic) bond motifs is 1. The van der Waals surface area contributed by atoms with Crippen molar-refractivity contribution < 1.29 is 4.79 Å². The largest absolute Gasteiger partial charge is 0.369 e. The standard InChI is InChI=1S/C20H17ClN4O/c21-16-6-4-14(5-7-16)20(26)25-18-8-3-13(11-23-18)10-15-12-24-19-17(15)2-1-9-22-19/h1-9,11,15H,10,12H2,(H,22,24)(H,23,25,26). The number of amides is 1. The number of hydrogen-bond acceptors (Lipinski definition) is 4. The van der Waals surface area contributed by atoms with Gasteiger partial charge in [0.2, 0.25) is 0 Å². The first kappa shape index (κ1) is 16.5. The van der Waals surface area contributed by atoms with Crippen LogP contribution in [0.3, 0.4) is 0 Å². The average molecular weight is 365 g/mol. The summed E-state index contributed by atoms with van der Waals surface area (Å²) in [5, 5.41) is 6.73. The number of anilines is 2. The van der Waals surface area contributed by atoms with Gasteiger partial charge in [-0.3, -0.25) is 4.79 Å². The van der Waals surface area contributed by atoms with E-state index in [0.717, 1.165) is 24.3 Å². The van der Waals surface area contributed by atoms with Gasteiger partial charge < -0.3 is 10.6 Å². The van der Waals surface area contributed by atoms with Crippen LogP contribution >= 0.6 is 11.6 Å². The zero-order chi connectivity index (χ0) is 17.9. The number of hydrogen-bond donors (Lipinski definition) is 2. The molecule has 1 aliphatic rings. The minimum absolute atomic E-state index is 0.207. The van der Waals surface area contributed by atoms with E-state index in [1.807, 2.05) is 24.4 Å². The first-order chi connectivity index (χ1) is 12.7. The van der Waals surface area contributed by atoms with Crippen molar-refractivity contribution in [1.29, 1.82) is 0 Å². The van der Waals surface area contributed by atoms with Crippen molar-refractivity contribution in [2.45, 2.75) is 12.3 Å². The Labute approximate surface area is 156 Å². The summed E-state index contributed by atoms with van der Waals surface area (Å²) in [6, 6.07) is 14.7. The number of nitrogens with zero attached hydrogens (tertiary/aromatic N) is 2. The number of benzene rings is 1. The van der Waals surface area contributed by atoms with Gasteiger partial charge in [0.15, 0.2) is 0 Å². The molecule has 2 N–H and O–H groups in total. The number of nitrogens with one attached hydrogen (secondary N) is 2. The van der Waals surface area contributed by atoms with Crippen molar-refractivity contribution in [1.82, 2.24) is 9.97 Å². The van der Waals surface area contributed by atoms with Crippen LogP contribution in [0.2, 0.25) is 5.02 Å². The van der Waals surface area contributed by atoms with Gasteiger partial charge in [-0.2, -0.15) is 0 Å². The quantitative estimate of drug-likeness (QED) is 0.730. The van der Waals surface area contributed by atoms with Gasteiger partial charge in [0.1, 0.15) is 11.6 Å². The molecule has 0 saturated carbocycles. The molecular formula is C20H17ClN4O. The molecule has 2 aromatic heterocycles. The molecule has 1 aromatic carbocycles. The fraction of sp³-hybridized carbons (Fsp3) is 0.150. The van der Waals surface area contributed by atoms with Gasteiger partial charge in [0.05, 0.1) is 0 Å². The predicted octanol–water partition coefficient (Wildman–Crippen LogP) is 4.13. The normalized spacial score (nSPS) is 15.2. The van der Waals surface area contributed by atoms with Crippen molar-refractivity contribution in [3.8, 4) is 0 Å². The van der Waals surface area contributed by atoms with Gasteiger partial charge in [-0.05, 0) is 53.9 Å². The molecule has 3 aromatic rings. The third kappa shape index (κ3) is 3.53. The smallest absolute Gasteiger partial charge is 0.256 e. The Morgan fingerprint density at radius 3 is 2.77 bits per heavy atom. The number of carbonyl (C=O) groups excluding carboxylic acids is 1. The molecule has 6 heteroatoms. The van der Waals surface area contributed by atoms with E-state index in [9.17, 15) is 4.79 Å². The van der Waals surface area contributed by atoms with E-state index in [-0.39, 0.29) is 5.91 Å². The molecule has 0 radical (unpaired) electrons. The zero-order valence-electron chi connectivity index (χ0n) is 13.9. The molecule has 4 rings (SSSR count). The van der Waals surface area contributed by atoms with Crippen LogP contribution in [0, 0.1) is 0 Å². The van der Waals surface area contributed by atoms with Crippen molar-refractivity contribution in [3.63, 3.8) is 0 Å². The summed E-state index contributed by atoms with van der Waals surface area (Å²) < 4.78 is 0. The number of aromatic nitrogens is 2. The van der Waals surface area contributed by atoms with Crippen molar-refractivity contribution >= 4 is 29.1 Å². The molecule has 0 spiro atoms. The molecule has 130 valence electrons. The van der Waals surface area contributed by atoms with E-state index in [1.165, 1.54) is 5.56 Å². The summed E-state index contributed by atoms with van der Waals surface area (Å²) in [5.41, 5.74) is 2.91. The highest BCUT2D eigenvalue weighted by Crippen LogP contribution is 2.31. The molecule has 3 heterocycles. The maximum Gasteiger partial charge on any atom is 0.256 e. The predicted molar refractivity (Wildman–Crippen MR) is 103 cm³/mol.